The lowest BCUT2D eigenvalue weighted by atomic mass is 10.1. The third kappa shape index (κ3) is 5.49. The molecule has 0 bridgehead atoms. The minimum absolute atomic E-state index is 0.190. The van der Waals surface area contributed by atoms with Crippen molar-refractivity contribution in [3.8, 4) is 0 Å². The van der Waals surface area contributed by atoms with Crippen LogP contribution in [0.5, 0.6) is 0 Å². The first kappa shape index (κ1) is 19.3. The summed E-state index contributed by atoms with van der Waals surface area (Å²) in [6, 6.07) is 19.0. The van der Waals surface area contributed by atoms with E-state index in [1.54, 1.807) is 0 Å². The van der Waals surface area contributed by atoms with Crippen molar-refractivity contribution in [2.24, 2.45) is 0 Å². The van der Waals surface area contributed by atoms with Crippen molar-refractivity contribution in [2.75, 3.05) is 29.9 Å². The molecule has 1 amide bonds. The lowest BCUT2D eigenvalue weighted by Crippen LogP contribution is -2.37. The Hall–Kier alpha value is -2.49. The molecule has 27 heavy (non-hydrogen) atoms. The number of hydrogen-bond donors (Lipinski definition) is 1. The Morgan fingerprint density at radius 3 is 2.33 bits per heavy atom. The molecule has 0 atom stereocenters. The fraction of sp³-hybridized carbons (Fsp3) is 0.435. The third-order valence-corrected chi connectivity index (χ3v) is 5.15. The molecule has 4 heteroatoms. The zero-order chi connectivity index (χ0) is 19.1. The van der Waals surface area contributed by atoms with Gasteiger partial charge >= 0.3 is 0 Å². The Morgan fingerprint density at radius 1 is 1.04 bits per heavy atom. The van der Waals surface area contributed by atoms with Gasteiger partial charge in [-0.3, -0.25) is 4.79 Å². The van der Waals surface area contributed by atoms with E-state index in [-0.39, 0.29) is 11.9 Å². The van der Waals surface area contributed by atoms with E-state index < -0.39 is 0 Å². The van der Waals surface area contributed by atoms with Crippen LogP contribution in [0.3, 0.4) is 0 Å². The molecule has 0 unspecified atom stereocenters. The highest BCUT2D eigenvalue weighted by Gasteiger charge is 2.17. The normalized spacial score (nSPS) is 13.8. The van der Waals surface area contributed by atoms with Gasteiger partial charge in [-0.15, -0.1) is 0 Å². The predicted octanol–water partition coefficient (Wildman–Crippen LogP) is 4.53. The van der Waals surface area contributed by atoms with Crippen LogP contribution < -0.4 is 10.2 Å². The zero-order valence-corrected chi connectivity index (χ0v) is 16.5. The monoisotopic (exact) mass is 365 g/mol. The molecular formula is C23H31N3O. The van der Waals surface area contributed by atoms with Crippen LogP contribution in [0.15, 0.2) is 54.6 Å². The fourth-order valence-corrected chi connectivity index (χ4v) is 3.56. The van der Waals surface area contributed by atoms with Crippen molar-refractivity contribution in [3.63, 3.8) is 0 Å². The van der Waals surface area contributed by atoms with Gasteiger partial charge in [-0.25, -0.2) is 0 Å². The summed E-state index contributed by atoms with van der Waals surface area (Å²) in [5, 5.41) is 3.38. The molecule has 1 aliphatic rings. The molecule has 1 fully saturated rings. The molecule has 144 valence electrons. The maximum atomic E-state index is 12.7. The highest BCUT2D eigenvalue weighted by molar-refractivity contribution is 5.77. The van der Waals surface area contributed by atoms with Crippen LogP contribution in [-0.2, 0) is 11.3 Å². The second kappa shape index (κ2) is 9.45. The number of nitrogens with one attached hydrogen (secondary N) is 1. The fourth-order valence-electron chi connectivity index (χ4n) is 3.56. The summed E-state index contributed by atoms with van der Waals surface area (Å²) >= 11 is 0. The molecule has 0 aromatic heterocycles. The van der Waals surface area contributed by atoms with Gasteiger partial charge in [0, 0.05) is 50.0 Å². The largest absolute Gasteiger partial charge is 0.385 e. The summed E-state index contributed by atoms with van der Waals surface area (Å²) in [6.07, 6.45) is 3.08. The summed E-state index contributed by atoms with van der Waals surface area (Å²) < 4.78 is 0. The predicted molar refractivity (Wildman–Crippen MR) is 113 cm³/mol. The standard InChI is InChI=1S/C23H31N3O/c1-19(2)26(18-20-8-4-3-5-9-20)23(27)14-15-24-21-10-12-22(13-11-21)25-16-6-7-17-25/h3-5,8-13,19,24H,6-7,14-18H2,1-2H3. The van der Waals surface area contributed by atoms with Crippen LogP contribution in [0, 0.1) is 0 Å². The van der Waals surface area contributed by atoms with Gasteiger partial charge in [-0.2, -0.15) is 0 Å². The molecule has 0 radical (unpaired) electrons. The third-order valence-electron chi connectivity index (χ3n) is 5.15. The summed E-state index contributed by atoms with van der Waals surface area (Å²) in [5.41, 5.74) is 3.54. The van der Waals surface area contributed by atoms with Crippen molar-refractivity contribution in [1.82, 2.24) is 4.90 Å². The van der Waals surface area contributed by atoms with Gasteiger partial charge in [0.05, 0.1) is 0 Å². The van der Waals surface area contributed by atoms with Crippen LogP contribution in [0.2, 0.25) is 0 Å². The second-order valence-corrected chi connectivity index (χ2v) is 7.52. The molecule has 0 saturated carbocycles. The van der Waals surface area contributed by atoms with Crippen LogP contribution >= 0.6 is 0 Å². The molecule has 1 aliphatic heterocycles. The van der Waals surface area contributed by atoms with Gasteiger partial charge in [0.1, 0.15) is 0 Å². The molecule has 0 aliphatic carbocycles. The minimum Gasteiger partial charge on any atom is -0.385 e. The maximum absolute atomic E-state index is 12.7. The quantitative estimate of drug-likeness (QED) is 0.747. The van der Waals surface area contributed by atoms with Gasteiger partial charge in [0.2, 0.25) is 5.91 Å². The Kier molecular flexibility index (Phi) is 6.74. The average molecular weight is 366 g/mol. The molecular weight excluding hydrogens is 334 g/mol. The lowest BCUT2D eigenvalue weighted by Gasteiger charge is -2.27. The van der Waals surface area contributed by atoms with Gasteiger partial charge in [0.25, 0.3) is 0 Å². The maximum Gasteiger partial charge on any atom is 0.224 e. The lowest BCUT2D eigenvalue weighted by molar-refractivity contribution is -0.133. The van der Waals surface area contributed by atoms with Gasteiger partial charge < -0.3 is 15.1 Å². The van der Waals surface area contributed by atoms with Crippen molar-refractivity contribution in [2.45, 2.75) is 45.7 Å². The van der Waals surface area contributed by atoms with Crippen LogP contribution in [-0.4, -0.2) is 36.5 Å². The molecule has 0 spiro atoms. The number of amides is 1. The van der Waals surface area contributed by atoms with E-state index in [1.807, 2.05) is 23.1 Å². The van der Waals surface area contributed by atoms with Gasteiger partial charge in [-0.05, 0) is 56.5 Å². The molecule has 2 aromatic rings. The van der Waals surface area contributed by atoms with E-state index in [9.17, 15) is 4.79 Å². The molecule has 4 nitrogen and oxygen atoms in total. The van der Waals surface area contributed by atoms with E-state index in [4.69, 9.17) is 0 Å². The topological polar surface area (TPSA) is 35.6 Å². The van der Waals surface area contributed by atoms with Crippen molar-refractivity contribution in [1.29, 1.82) is 0 Å². The van der Waals surface area contributed by atoms with Crippen LogP contribution in [0.25, 0.3) is 0 Å². The number of anilines is 2. The van der Waals surface area contributed by atoms with E-state index in [1.165, 1.54) is 24.1 Å². The Balaban J connectivity index is 1.48. The molecule has 1 saturated heterocycles. The van der Waals surface area contributed by atoms with E-state index in [0.717, 1.165) is 18.8 Å². The van der Waals surface area contributed by atoms with Crippen molar-refractivity contribution in [3.05, 3.63) is 60.2 Å². The first-order valence-corrected chi connectivity index (χ1v) is 10.1. The van der Waals surface area contributed by atoms with E-state index in [0.29, 0.717) is 19.5 Å². The summed E-state index contributed by atoms with van der Waals surface area (Å²) in [6.45, 7) is 7.79. The molecule has 2 aromatic carbocycles. The van der Waals surface area contributed by atoms with Crippen LogP contribution in [0.1, 0.15) is 38.7 Å². The average Bonchev–Trinajstić information content (AvgIpc) is 3.22. The highest BCUT2D eigenvalue weighted by Crippen LogP contribution is 2.22. The second-order valence-electron chi connectivity index (χ2n) is 7.52. The smallest absolute Gasteiger partial charge is 0.224 e. The van der Waals surface area contributed by atoms with E-state index in [2.05, 4.69) is 60.5 Å². The summed E-state index contributed by atoms with van der Waals surface area (Å²) in [4.78, 5) is 17.1. The summed E-state index contributed by atoms with van der Waals surface area (Å²) in [5.74, 6) is 0.190. The number of nitrogens with zero attached hydrogens (tertiary/aromatic N) is 2. The molecule has 3 rings (SSSR count). The number of carbonyl (C=O) groups excluding carboxylic acids is 1. The van der Waals surface area contributed by atoms with Gasteiger partial charge in [0.15, 0.2) is 0 Å². The number of benzene rings is 2. The Morgan fingerprint density at radius 2 is 1.70 bits per heavy atom. The van der Waals surface area contributed by atoms with Crippen LogP contribution in [0.4, 0.5) is 11.4 Å². The Bertz CT molecular complexity index is 706. The number of rotatable bonds is 8. The van der Waals surface area contributed by atoms with E-state index >= 15 is 0 Å². The van der Waals surface area contributed by atoms with Crippen molar-refractivity contribution < 1.29 is 4.79 Å². The van der Waals surface area contributed by atoms with Crippen molar-refractivity contribution >= 4 is 17.3 Å². The first-order valence-electron chi connectivity index (χ1n) is 10.1. The highest BCUT2D eigenvalue weighted by atomic mass is 16.2. The first-order chi connectivity index (χ1) is 13.1. The minimum atomic E-state index is 0.190. The van der Waals surface area contributed by atoms with Gasteiger partial charge in [-0.1, -0.05) is 30.3 Å². The molecule has 1 heterocycles. The molecule has 1 N–H and O–H groups in total. The zero-order valence-electron chi connectivity index (χ0n) is 16.5. The Labute approximate surface area is 163 Å². The summed E-state index contributed by atoms with van der Waals surface area (Å²) in [7, 11) is 0. The number of hydrogen-bond acceptors (Lipinski definition) is 3. The number of carbonyl (C=O) groups is 1. The SMILES string of the molecule is CC(C)N(Cc1ccccc1)C(=O)CCNc1ccc(N2CCCC2)cc1.